The quantitative estimate of drug-likeness (QED) is 0.644. The Morgan fingerprint density at radius 1 is 1.22 bits per heavy atom. The van der Waals surface area contributed by atoms with Gasteiger partial charge in [0.1, 0.15) is 5.56 Å². The van der Waals surface area contributed by atoms with Gasteiger partial charge in [-0.2, -0.15) is 0 Å². The average molecular weight is 454 g/mol. The van der Waals surface area contributed by atoms with Crippen molar-refractivity contribution >= 4 is 16.0 Å². The molecule has 1 spiro atoms. The summed E-state index contributed by atoms with van der Waals surface area (Å²) in [6.07, 6.45) is 4.79. The molecule has 2 fully saturated rings. The van der Waals surface area contributed by atoms with Crippen molar-refractivity contribution in [2.45, 2.75) is 37.0 Å². The Morgan fingerprint density at radius 2 is 1.94 bits per heavy atom. The zero-order chi connectivity index (χ0) is 22.7. The fourth-order valence-corrected chi connectivity index (χ4v) is 6.23. The van der Waals surface area contributed by atoms with E-state index < -0.39 is 15.3 Å². The fourth-order valence-electron chi connectivity index (χ4n) is 5.23. The van der Waals surface area contributed by atoms with Crippen LogP contribution in [-0.2, 0) is 23.5 Å². The molecule has 168 valence electrons. The van der Waals surface area contributed by atoms with Crippen molar-refractivity contribution in [2.24, 2.45) is 29.3 Å². The standard InChI is InChI=1S/C23H27N5O3S/c1-27-21(29)17(7-6-15-12-19(15)32(25,30)31)14-26-22(27)28-10-8-23(9-11-28)13-16-4-2-3-5-18(16)20(23)24/h2-5,14-15,19-20H,8-13,24H2,1H3,(H2,25,30,31)/t15?,19?,20-/m1/s1. The molecule has 1 saturated carbocycles. The van der Waals surface area contributed by atoms with Gasteiger partial charge in [0, 0.05) is 32.1 Å². The van der Waals surface area contributed by atoms with E-state index in [4.69, 9.17) is 10.9 Å². The van der Waals surface area contributed by atoms with Crippen molar-refractivity contribution in [2.75, 3.05) is 18.0 Å². The maximum atomic E-state index is 12.8. The van der Waals surface area contributed by atoms with Crippen LogP contribution in [0.15, 0.2) is 35.3 Å². The Kier molecular flexibility index (Phi) is 4.93. The molecular formula is C23H27N5O3S. The molecule has 2 unspecified atom stereocenters. The van der Waals surface area contributed by atoms with Crippen molar-refractivity contribution in [3.8, 4) is 11.8 Å². The summed E-state index contributed by atoms with van der Waals surface area (Å²) >= 11 is 0. The minimum atomic E-state index is -3.57. The van der Waals surface area contributed by atoms with Crippen LogP contribution in [0.3, 0.4) is 0 Å². The summed E-state index contributed by atoms with van der Waals surface area (Å²) in [7, 11) is -1.87. The van der Waals surface area contributed by atoms with Crippen LogP contribution < -0.4 is 21.3 Å². The molecule has 3 atom stereocenters. The first-order valence-corrected chi connectivity index (χ1v) is 12.5. The third-order valence-corrected chi connectivity index (χ3v) is 8.69. The summed E-state index contributed by atoms with van der Waals surface area (Å²) < 4.78 is 24.2. The molecule has 0 amide bonds. The molecule has 1 aromatic carbocycles. The molecule has 1 saturated heterocycles. The van der Waals surface area contributed by atoms with E-state index in [2.05, 4.69) is 46.0 Å². The van der Waals surface area contributed by atoms with E-state index in [0.717, 1.165) is 32.4 Å². The molecule has 4 N–H and O–H groups in total. The van der Waals surface area contributed by atoms with Gasteiger partial charge in [0.05, 0.1) is 11.4 Å². The highest BCUT2D eigenvalue weighted by Crippen LogP contribution is 2.50. The van der Waals surface area contributed by atoms with E-state index in [-0.39, 0.29) is 28.5 Å². The van der Waals surface area contributed by atoms with Crippen LogP contribution in [0.5, 0.6) is 0 Å². The second-order valence-corrected chi connectivity index (χ2v) is 11.1. The lowest BCUT2D eigenvalue weighted by Gasteiger charge is -2.42. The molecule has 0 radical (unpaired) electrons. The molecule has 32 heavy (non-hydrogen) atoms. The first-order chi connectivity index (χ1) is 15.2. The maximum Gasteiger partial charge on any atom is 0.270 e. The van der Waals surface area contributed by atoms with Gasteiger partial charge in [-0.3, -0.25) is 9.36 Å². The number of fused-ring (bicyclic) bond motifs is 1. The Hall–Kier alpha value is -2.67. The lowest BCUT2D eigenvalue weighted by molar-refractivity contribution is 0.186. The molecule has 8 nitrogen and oxygen atoms in total. The predicted octanol–water partition coefficient (Wildman–Crippen LogP) is 0.652. The monoisotopic (exact) mass is 453 g/mol. The number of primary sulfonamides is 1. The number of nitrogens with two attached hydrogens (primary N) is 2. The van der Waals surface area contributed by atoms with Crippen LogP contribution in [-0.4, -0.2) is 36.3 Å². The van der Waals surface area contributed by atoms with E-state index in [1.165, 1.54) is 21.9 Å². The number of benzene rings is 1. The number of hydrogen-bond acceptors (Lipinski definition) is 6. The summed E-state index contributed by atoms with van der Waals surface area (Å²) in [5.74, 6) is 5.96. The molecule has 1 aliphatic heterocycles. The van der Waals surface area contributed by atoms with E-state index >= 15 is 0 Å². The number of rotatable bonds is 2. The van der Waals surface area contributed by atoms with E-state index in [1.54, 1.807) is 7.05 Å². The summed E-state index contributed by atoms with van der Waals surface area (Å²) in [4.78, 5) is 19.5. The topological polar surface area (TPSA) is 124 Å². The summed E-state index contributed by atoms with van der Waals surface area (Å²) in [6, 6.07) is 8.48. The molecule has 2 heterocycles. The van der Waals surface area contributed by atoms with Gasteiger partial charge < -0.3 is 10.6 Å². The van der Waals surface area contributed by atoms with Crippen molar-refractivity contribution < 1.29 is 8.42 Å². The van der Waals surface area contributed by atoms with Gasteiger partial charge >= 0.3 is 0 Å². The van der Waals surface area contributed by atoms with Crippen LogP contribution >= 0.6 is 0 Å². The Morgan fingerprint density at radius 3 is 2.59 bits per heavy atom. The molecule has 5 rings (SSSR count). The molecule has 1 aromatic heterocycles. The maximum absolute atomic E-state index is 12.8. The van der Waals surface area contributed by atoms with Crippen molar-refractivity contribution in [3.05, 3.63) is 57.5 Å². The van der Waals surface area contributed by atoms with Crippen LogP contribution in [0.25, 0.3) is 0 Å². The van der Waals surface area contributed by atoms with Gasteiger partial charge in [0.25, 0.3) is 5.56 Å². The van der Waals surface area contributed by atoms with Crippen molar-refractivity contribution in [3.63, 3.8) is 0 Å². The molecule has 2 aliphatic carbocycles. The zero-order valence-corrected chi connectivity index (χ0v) is 18.8. The fraction of sp³-hybridized carbons (Fsp3) is 0.478. The number of aromatic nitrogens is 2. The van der Waals surface area contributed by atoms with Crippen molar-refractivity contribution in [1.29, 1.82) is 0 Å². The third kappa shape index (κ3) is 3.52. The smallest absolute Gasteiger partial charge is 0.270 e. The number of anilines is 1. The molecule has 2 aromatic rings. The van der Waals surface area contributed by atoms with Crippen LogP contribution in [0.1, 0.15) is 42.0 Å². The van der Waals surface area contributed by atoms with Gasteiger partial charge in [-0.15, -0.1) is 0 Å². The second-order valence-electron chi connectivity index (χ2n) is 9.28. The minimum Gasteiger partial charge on any atom is -0.342 e. The SMILES string of the molecule is Cn1c(N2CCC3(CC2)Cc2ccccc2[C@H]3N)ncc(C#CC2CC2S(N)(=O)=O)c1=O. The highest BCUT2D eigenvalue weighted by atomic mass is 32.2. The van der Waals surface area contributed by atoms with Gasteiger partial charge in [-0.05, 0) is 42.2 Å². The lowest BCUT2D eigenvalue weighted by atomic mass is 9.73. The summed E-state index contributed by atoms with van der Waals surface area (Å²) in [5.41, 5.74) is 9.36. The van der Waals surface area contributed by atoms with E-state index in [0.29, 0.717) is 12.4 Å². The zero-order valence-electron chi connectivity index (χ0n) is 18.0. The number of nitrogens with zero attached hydrogens (tertiary/aromatic N) is 3. The van der Waals surface area contributed by atoms with Gasteiger partial charge in [-0.1, -0.05) is 36.1 Å². The van der Waals surface area contributed by atoms with Crippen molar-refractivity contribution in [1.82, 2.24) is 9.55 Å². The number of sulfonamides is 1. The minimum absolute atomic E-state index is 0.0406. The first kappa shape index (κ1) is 21.2. The van der Waals surface area contributed by atoms with Crippen LogP contribution in [0, 0.1) is 23.2 Å². The summed E-state index contributed by atoms with van der Waals surface area (Å²) in [5, 5.41) is 4.52. The van der Waals surface area contributed by atoms with Crippen LogP contribution in [0.4, 0.5) is 5.95 Å². The van der Waals surface area contributed by atoms with Gasteiger partial charge in [-0.25, -0.2) is 18.5 Å². The van der Waals surface area contributed by atoms with E-state index in [9.17, 15) is 13.2 Å². The average Bonchev–Trinajstić information content (AvgIpc) is 3.51. The third-order valence-electron chi connectivity index (χ3n) is 7.32. The molecular weight excluding hydrogens is 426 g/mol. The summed E-state index contributed by atoms with van der Waals surface area (Å²) in [6.45, 7) is 1.57. The Labute approximate surface area is 187 Å². The van der Waals surface area contributed by atoms with E-state index in [1.807, 2.05) is 0 Å². The highest BCUT2D eigenvalue weighted by molar-refractivity contribution is 7.90. The number of hydrogen-bond donors (Lipinski definition) is 2. The van der Waals surface area contributed by atoms with Gasteiger partial charge in [0.15, 0.2) is 0 Å². The number of piperidine rings is 1. The first-order valence-electron chi connectivity index (χ1n) is 10.9. The molecule has 3 aliphatic rings. The highest BCUT2D eigenvalue weighted by Gasteiger charge is 2.46. The second kappa shape index (κ2) is 7.44. The largest absolute Gasteiger partial charge is 0.342 e. The predicted molar refractivity (Wildman–Crippen MR) is 122 cm³/mol. The Balaban J connectivity index is 1.30. The Bertz CT molecular complexity index is 1300. The lowest BCUT2D eigenvalue weighted by Crippen LogP contribution is -2.46. The van der Waals surface area contributed by atoms with Crippen LogP contribution in [0.2, 0.25) is 0 Å². The molecule has 0 bridgehead atoms. The normalized spacial score (nSPS) is 25.8. The molecule has 9 heteroatoms. The van der Waals surface area contributed by atoms with Gasteiger partial charge in [0.2, 0.25) is 16.0 Å².